The number of thiazole rings is 2. The molecule has 35 heavy (non-hydrogen) atoms. The van der Waals surface area contributed by atoms with Gasteiger partial charge in [0.1, 0.15) is 0 Å². The molecule has 0 aliphatic carbocycles. The molecule has 2 N–H and O–H groups in total. The summed E-state index contributed by atoms with van der Waals surface area (Å²) in [5.74, 6) is 0.210. The molecule has 0 spiro atoms. The van der Waals surface area contributed by atoms with Gasteiger partial charge < -0.3 is 5.32 Å². The average molecular weight is 519 g/mol. The summed E-state index contributed by atoms with van der Waals surface area (Å²) < 4.78 is 27.5. The molecule has 0 aliphatic rings. The Hall–Kier alpha value is -3.53. The van der Waals surface area contributed by atoms with E-state index in [0.29, 0.717) is 5.13 Å². The van der Waals surface area contributed by atoms with Gasteiger partial charge in [-0.15, -0.1) is 22.7 Å². The molecule has 0 unspecified atom stereocenters. The Morgan fingerprint density at radius 3 is 2.06 bits per heavy atom. The predicted octanol–water partition coefficient (Wildman–Crippen LogP) is 6.52. The zero-order chi connectivity index (χ0) is 24.1. The van der Waals surface area contributed by atoms with E-state index in [4.69, 9.17) is 4.98 Å². The lowest BCUT2D eigenvalue weighted by Crippen LogP contribution is -2.12. The molecule has 6 nitrogen and oxygen atoms in total. The summed E-state index contributed by atoms with van der Waals surface area (Å²) in [4.78, 5) is 8.93. The minimum absolute atomic E-state index is 0.173. The minimum Gasteiger partial charge on any atom is -0.332 e. The van der Waals surface area contributed by atoms with Gasteiger partial charge in [-0.3, -0.25) is 4.72 Å². The van der Waals surface area contributed by atoms with Gasteiger partial charge in [0.25, 0.3) is 10.0 Å². The third-order valence-corrected chi connectivity index (χ3v) is 8.42. The fraction of sp³-hybridized carbons (Fsp3) is 0.0769. The molecule has 0 saturated heterocycles. The summed E-state index contributed by atoms with van der Waals surface area (Å²) in [6, 6.07) is 27.5. The van der Waals surface area contributed by atoms with Crippen LogP contribution in [0.4, 0.5) is 16.0 Å². The lowest BCUT2D eigenvalue weighted by Gasteiger charge is -2.17. The highest BCUT2D eigenvalue weighted by molar-refractivity contribution is 7.93. The zero-order valence-electron chi connectivity index (χ0n) is 18.5. The lowest BCUT2D eigenvalue weighted by molar-refractivity contribution is 0.601. The van der Waals surface area contributed by atoms with Crippen molar-refractivity contribution in [1.29, 1.82) is 0 Å². The Kier molecular flexibility index (Phi) is 6.89. The maximum atomic E-state index is 12.5. The van der Waals surface area contributed by atoms with E-state index in [1.807, 2.05) is 12.1 Å². The molecule has 0 radical (unpaired) electrons. The number of rotatable bonds is 9. The Morgan fingerprint density at radius 2 is 1.46 bits per heavy atom. The number of nitrogens with zero attached hydrogens (tertiary/aromatic N) is 2. The molecule has 176 valence electrons. The fourth-order valence-corrected chi connectivity index (χ4v) is 6.29. The van der Waals surface area contributed by atoms with Crippen LogP contribution in [0.1, 0.15) is 22.7 Å². The summed E-state index contributed by atoms with van der Waals surface area (Å²) in [6.45, 7) is 0. The topological polar surface area (TPSA) is 84.0 Å². The second-order valence-corrected chi connectivity index (χ2v) is 11.2. The van der Waals surface area contributed by atoms with Gasteiger partial charge in [-0.05, 0) is 35.4 Å². The number of anilines is 3. The summed E-state index contributed by atoms with van der Waals surface area (Å²) in [5, 5.41) is 8.17. The van der Waals surface area contributed by atoms with Gasteiger partial charge in [-0.25, -0.2) is 18.4 Å². The van der Waals surface area contributed by atoms with Gasteiger partial charge in [-0.2, -0.15) is 0 Å². The van der Waals surface area contributed by atoms with Crippen molar-refractivity contribution in [2.75, 3.05) is 10.0 Å². The number of aromatic nitrogens is 2. The SMILES string of the molecule is O=S(=O)(Nc1nccs1)c1ccc(Nc2nc(CC(c3ccccc3)c3ccccc3)cs2)cc1. The third-order valence-electron chi connectivity index (χ3n) is 5.44. The van der Waals surface area contributed by atoms with Crippen LogP contribution in [-0.4, -0.2) is 18.4 Å². The Balaban J connectivity index is 1.29. The lowest BCUT2D eigenvalue weighted by atomic mass is 9.88. The van der Waals surface area contributed by atoms with Crippen LogP contribution in [0.2, 0.25) is 0 Å². The molecular formula is C26H22N4O2S3. The molecule has 2 aromatic heterocycles. The first-order valence-corrected chi connectivity index (χ1v) is 14.1. The van der Waals surface area contributed by atoms with Crippen molar-refractivity contribution in [3.05, 3.63) is 119 Å². The maximum absolute atomic E-state index is 12.5. The standard InChI is InChI=1S/C26H22N4O2S3/c31-35(32,30-25-27-15-16-33-25)23-13-11-21(12-14-23)28-26-29-22(18-34-26)17-24(19-7-3-1-4-8-19)20-9-5-2-6-10-20/h1-16,18,24H,17H2,(H,27,30)(H,28,29). The van der Waals surface area contributed by atoms with Crippen molar-refractivity contribution < 1.29 is 8.42 Å². The van der Waals surface area contributed by atoms with Crippen LogP contribution in [0.25, 0.3) is 0 Å². The first kappa shape index (κ1) is 23.2. The first-order chi connectivity index (χ1) is 17.1. The Bertz CT molecular complexity index is 1430. The van der Waals surface area contributed by atoms with Gasteiger partial charge in [0.2, 0.25) is 0 Å². The third kappa shape index (κ3) is 5.76. The van der Waals surface area contributed by atoms with Gasteiger partial charge in [0, 0.05) is 35.0 Å². The number of hydrogen-bond donors (Lipinski definition) is 2. The molecule has 0 aliphatic heterocycles. The van der Waals surface area contributed by atoms with Crippen LogP contribution < -0.4 is 10.0 Å². The molecule has 0 saturated carbocycles. The van der Waals surface area contributed by atoms with Crippen LogP contribution in [0.5, 0.6) is 0 Å². The van der Waals surface area contributed by atoms with E-state index in [-0.39, 0.29) is 10.8 Å². The molecular weight excluding hydrogens is 497 g/mol. The number of hydrogen-bond acceptors (Lipinski definition) is 7. The zero-order valence-corrected chi connectivity index (χ0v) is 21.0. The van der Waals surface area contributed by atoms with E-state index >= 15 is 0 Å². The molecule has 5 aromatic rings. The van der Waals surface area contributed by atoms with Crippen molar-refractivity contribution >= 4 is 48.6 Å². The largest absolute Gasteiger partial charge is 0.332 e. The van der Waals surface area contributed by atoms with Gasteiger partial charge in [0.15, 0.2) is 10.3 Å². The highest BCUT2D eigenvalue weighted by Crippen LogP contribution is 2.30. The normalized spacial score (nSPS) is 11.5. The van der Waals surface area contributed by atoms with Crippen LogP contribution >= 0.6 is 22.7 Å². The summed E-state index contributed by atoms with van der Waals surface area (Å²) >= 11 is 2.76. The second-order valence-electron chi connectivity index (χ2n) is 7.81. The predicted molar refractivity (Wildman–Crippen MR) is 143 cm³/mol. The fourth-order valence-electron chi connectivity index (χ4n) is 3.75. The monoisotopic (exact) mass is 518 g/mol. The van der Waals surface area contributed by atoms with Crippen molar-refractivity contribution in [3.63, 3.8) is 0 Å². The number of sulfonamides is 1. The van der Waals surface area contributed by atoms with Crippen LogP contribution in [0.3, 0.4) is 0 Å². The molecule has 3 aromatic carbocycles. The van der Waals surface area contributed by atoms with E-state index in [0.717, 1.165) is 22.9 Å². The average Bonchev–Trinajstić information content (AvgIpc) is 3.56. The van der Waals surface area contributed by atoms with E-state index in [9.17, 15) is 8.42 Å². The van der Waals surface area contributed by atoms with Crippen molar-refractivity contribution in [3.8, 4) is 0 Å². The van der Waals surface area contributed by atoms with E-state index < -0.39 is 10.0 Å². The van der Waals surface area contributed by atoms with Crippen molar-refractivity contribution in [2.45, 2.75) is 17.2 Å². The van der Waals surface area contributed by atoms with Gasteiger partial charge in [0.05, 0.1) is 10.6 Å². The quantitative estimate of drug-likeness (QED) is 0.232. The van der Waals surface area contributed by atoms with E-state index in [1.165, 1.54) is 33.8 Å². The highest BCUT2D eigenvalue weighted by atomic mass is 32.2. The first-order valence-electron chi connectivity index (χ1n) is 10.9. The number of benzene rings is 3. The molecule has 0 atom stereocenters. The van der Waals surface area contributed by atoms with Crippen LogP contribution in [-0.2, 0) is 16.4 Å². The molecule has 9 heteroatoms. The molecule has 0 amide bonds. The van der Waals surface area contributed by atoms with E-state index in [1.54, 1.807) is 35.8 Å². The smallest absolute Gasteiger partial charge is 0.263 e. The van der Waals surface area contributed by atoms with Gasteiger partial charge in [-0.1, -0.05) is 60.7 Å². The van der Waals surface area contributed by atoms with E-state index in [2.05, 4.69) is 68.9 Å². The van der Waals surface area contributed by atoms with Crippen LogP contribution in [0, 0.1) is 0 Å². The summed E-state index contributed by atoms with van der Waals surface area (Å²) in [5.41, 5.74) is 4.28. The maximum Gasteiger partial charge on any atom is 0.263 e. The molecule has 5 rings (SSSR count). The summed E-state index contributed by atoms with van der Waals surface area (Å²) in [6.07, 6.45) is 2.34. The minimum atomic E-state index is -3.68. The Labute approximate surface area is 212 Å². The Morgan fingerprint density at radius 1 is 0.800 bits per heavy atom. The molecule has 0 bridgehead atoms. The molecule has 2 heterocycles. The van der Waals surface area contributed by atoms with Crippen molar-refractivity contribution in [2.24, 2.45) is 0 Å². The van der Waals surface area contributed by atoms with Crippen molar-refractivity contribution in [1.82, 2.24) is 9.97 Å². The highest BCUT2D eigenvalue weighted by Gasteiger charge is 2.17. The molecule has 0 fully saturated rings. The summed E-state index contributed by atoms with van der Waals surface area (Å²) in [7, 11) is -3.68. The van der Waals surface area contributed by atoms with Crippen LogP contribution in [0.15, 0.2) is 107 Å². The number of nitrogens with one attached hydrogen (secondary N) is 2. The van der Waals surface area contributed by atoms with Gasteiger partial charge >= 0.3 is 0 Å². The second kappa shape index (κ2) is 10.4.